The molecule has 1 saturated heterocycles. The van der Waals surface area contributed by atoms with Crippen molar-refractivity contribution in [3.05, 3.63) is 29.8 Å². The number of carbonyl (C=O) groups is 1. The zero-order chi connectivity index (χ0) is 18.4. The van der Waals surface area contributed by atoms with Crippen molar-refractivity contribution in [2.45, 2.75) is 45.7 Å². The van der Waals surface area contributed by atoms with E-state index in [4.69, 9.17) is 4.74 Å². The summed E-state index contributed by atoms with van der Waals surface area (Å²) < 4.78 is 5.20. The molecule has 1 fully saturated rings. The summed E-state index contributed by atoms with van der Waals surface area (Å²) in [5, 5.41) is 3.08. The van der Waals surface area contributed by atoms with Crippen LogP contribution in [0.1, 0.15) is 33.3 Å². The van der Waals surface area contributed by atoms with Gasteiger partial charge in [-0.15, -0.1) is 0 Å². The molecule has 5 nitrogen and oxygen atoms in total. The summed E-state index contributed by atoms with van der Waals surface area (Å²) in [6, 6.07) is 8.23. The molecule has 140 valence electrons. The molecule has 0 radical (unpaired) electrons. The van der Waals surface area contributed by atoms with Crippen molar-refractivity contribution >= 4 is 5.91 Å². The lowest BCUT2D eigenvalue weighted by Crippen LogP contribution is -2.56. The molecule has 1 amide bonds. The van der Waals surface area contributed by atoms with Crippen molar-refractivity contribution in [3.8, 4) is 5.75 Å². The Morgan fingerprint density at radius 2 is 1.76 bits per heavy atom. The van der Waals surface area contributed by atoms with E-state index in [9.17, 15) is 4.79 Å². The number of ether oxygens (including phenoxy) is 1. The minimum absolute atomic E-state index is 0.0667. The first kappa shape index (κ1) is 19.7. The molecule has 1 heterocycles. The molecule has 1 aliphatic rings. The van der Waals surface area contributed by atoms with E-state index in [0.29, 0.717) is 0 Å². The lowest BCUT2D eigenvalue weighted by Gasteiger charge is -2.38. The first-order chi connectivity index (χ1) is 11.8. The van der Waals surface area contributed by atoms with E-state index in [1.807, 2.05) is 39.8 Å². The third-order valence-electron chi connectivity index (χ3n) is 4.71. The molecule has 1 atom stereocenters. The van der Waals surface area contributed by atoms with Crippen molar-refractivity contribution in [1.82, 2.24) is 15.1 Å². The molecular formula is C20H33N3O2. The van der Waals surface area contributed by atoms with Gasteiger partial charge >= 0.3 is 0 Å². The van der Waals surface area contributed by atoms with Crippen molar-refractivity contribution in [3.63, 3.8) is 0 Å². The van der Waals surface area contributed by atoms with E-state index >= 15 is 0 Å². The maximum Gasteiger partial charge on any atom is 0.237 e. The summed E-state index contributed by atoms with van der Waals surface area (Å²) in [6.07, 6.45) is 1.05. The molecule has 25 heavy (non-hydrogen) atoms. The summed E-state index contributed by atoms with van der Waals surface area (Å²) in [7, 11) is 1.69. The quantitative estimate of drug-likeness (QED) is 0.856. The summed E-state index contributed by atoms with van der Waals surface area (Å²) >= 11 is 0. The molecule has 1 aromatic rings. The van der Waals surface area contributed by atoms with E-state index < -0.39 is 0 Å². The molecule has 5 heteroatoms. The molecule has 0 spiro atoms. The second kappa shape index (κ2) is 8.68. The number of amides is 1. The third-order valence-corrected chi connectivity index (χ3v) is 4.71. The topological polar surface area (TPSA) is 44.8 Å². The number of benzene rings is 1. The zero-order valence-corrected chi connectivity index (χ0v) is 16.3. The average Bonchev–Trinajstić information content (AvgIpc) is 2.58. The van der Waals surface area contributed by atoms with Crippen LogP contribution in [0.2, 0.25) is 0 Å². The van der Waals surface area contributed by atoms with Gasteiger partial charge in [0.05, 0.1) is 13.2 Å². The van der Waals surface area contributed by atoms with Crippen LogP contribution in [0.25, 0.3) is 0 Å². The summed E-state index contributed by atoms with van der Waals surface area (Å²) in [6.45, 7) is 13.1. The number of methoxy groups -OCH3 is 1. The lowest BCUT2D eigenvalue weighted by atomic mass is 10.1. The van der Waals surface area contributed by atoms with E-state index in [1.54, 1.807) is 7.11 Å². The minimum atomic E-state index is -0.175. The van der Waals surface area contributed by atoms with E-state index in [2.05, 4.69) is 27.2 Å². The molecule has 1 aliphatic heterocycles. The predicted octanol–water partition coefficient (Wildman–Crippen LogP) is 2.16. The van der Waals surface area contributed by atoms with Crippen LogP contribution in [0, 0.1) is 0 Å². The van der Waals surface area contributed by atoms with Crippen LogP contribution in [0.15, 0.2) is 24.3 Å². The highest BCUT2D eigenvalue weighted by Crippen LogP contribution is 2.13. The monoisotopic (exact) mass is 347 g/mol. The number of nitrogens with one attached hydrogen (secondary N) is 1. The zero-order valence-electron chi connectivity index (χ0n) is 16.3. The van der Waals surface area contributed by atoms with Crippen molar-refractivity contribution in [2.24, 2.45) is 0 Å². The fourth-order valence-electron chi connectivity index (χ4n) is 3.09. The van der Waals surface area contributed by atoms with E-state index in [-0.39, 0.29) is 17.5 Å². The molecule has 2 rings (SSSR count). The molecular weight excluding hydrogens is 314 g/mol. The highest BCUT2D eigenvalue weighted by molar-refractivity contribution is 5.81. The van der Waals surface area contributed by atoms with Crippen LogP contribution < -0.4 is 10.1 Å². The summed E-state index contributed by atoms with van der Waals surface area (Å²) in [4.78, 5) is 17.1. The van der Waals surface area contributed by atoms with Crippen molar-refractivity contribution in [2.75, 3.05) is 39.8 Å². The van der Waals surface area contributed by atoms with Crippen LogP contribution in [0.4, 0.5) is 0 Å². The van der Waals surface area contributed by atoms with Crippen LogP contribution in [-0.4, -0.2) is 67.1 Å². The number of hydrogen-bond donors (Lipinski definition) is 1. The first-order valence-corrected chi connectivity index (χ1v) is 9.20. The minimum Gasteiger partial charge on any atom is -0.497 e. The van der Waals surface area contributed by atoms with Crippen LogP contribution >= 0.6 is 0 Å². The van der Waals surface area contributed by atoms with Crippen LogP contribution in [0.3, 0.4) is 0 Å². The lowest BCUT2D eigenvalue weighted by molar-refractivity contribution is -0.128. The smallest absolute Gasteiger partial charge is 0.237 e. The highest BCUT2D eigenvalue weighted by atomic mass is 16.5. The number of piperazine rings is 1. The Morgan fingerprint density at radius 1 is 1.16 bits per heavy atom. The number of rotatable bonds is 6. The van der Waals surface area contributed by atoms with Gasteiger partial charge in [-0.3, -0.25) is 9.69 Å². The molecule has 0 aliphatic carbocycles. The Morgan fingerprint density at radius 3 is 2.28 bits per heavy atom. The van der Waals surface area contributed by atoms with Gasteiger partial charge in [0.2, 0.25) is 5.91 Å². The Bertz CT molecular complexity index is 543. The fourth-order valence-corrected chi connectivity index (χ4v) is 3.09. The van der Waals surface area contributed by atoms with Crippen LogP contribution in [-0.2, 0) is 11.2 Å². The Labute approximate surface area is 152 Å². The maximum atomic E-state index is 12.3. The van der Waals surface area contributed by atoms with Gasteiger partial charge in [-0.25, -0.2) is 0 Å². The Kier molecular flexibility index (Phi) is 6.85. The number of hydrogen-bond acceptors (Lipinski definition) is 4. The van der Waals surface area contributed by atoms with Crippen molar-refractivity contribution in [1.29, 1.82) is 0 Å². The normalized spacial score (nSPS) is 18.0. The summed E-state index contributed by atoms with van der Waals surface area (Å²) in [5.41, 5.74) is 1.16. The Balaban J connectivity index is 1.74. The Hall–Kier alpha value is -1.59. The van der Waals surface area contributed by atoms with Gasteiger partial charge in [0.25, 0.3) is 0 Å². The van der Waals surface area contributed by atoms with Gasteiger partial charge in [-0.2, -0.15) is 0 Å². The van der Waals surface area contributed by atoms with Crippen molar-refractivity contribution < 1.29 is 9.53 Å². The standard InChI is InChI=1S/C20H33N3O2/c1-16(19(24)21-20(2,3)4)23-14-12-22(13-15-23)11-10-17-6-8-18(25-5)9-7-17/h6-9,16H,10-15H2,1-5H3,(H,21,24)/t16-/m0/s1. The number of carbonyl (C=O) groups excluding carboxylic acids is 1. The molecule has 0 unspecified atom stereocenters. The molecule has 1 N–H and O–H groups in total. The van der Waals surface area contributed by atoms with Gasteiger partial charge in [-0.1, -0.05) is 12.1 Å². The number of nitrogens with zero attached hydrogens (tertiary/aromatic N) is 2. The van der Waals surface area contributed by atoms with Crippen LogP contribution in [0.5, 0.6) is 5.75 Å². The average molecular weight is 348 g/mol. The first-order valence-electron chi connectivity index (χ1n) is 9.20. The molecule has 0 bridgehead atoms. The van der Waals surface area contributed by atoms with Gasteiger partial charge in [0.1, 0.15) is 5.75 Å². The maximum absolute atomic E-state index is 12.3. The largest absolute Gasteiger partial charge is 0.497 e. The summed E-state index contributed by atoms with van der Waals surface area (Å²) in [5.74, 6) is 1.03. The van der Waals surface area contributed by atoms with Gasteiger partial charge in [-0.05, 0) is 51.8 Å². The predicted molar refractivity (Wildman–Crippen MR) is 102 cm³/mol. The molecule has 1 aromatic carbocycles. The third kappa shape index (κ3) is 6.33. The molecule has 0 saturated carbocycles. The van der Waals surface area contributed by atoms with E-state index in [1.165, 1.54) is 5.56 Å². The SMILES string of the molecule is COc1ccc(CCN2CCN([C@@H](C)C(=O)NC(C)(C)C)CC2)cc1. The van der Waals surface area contributed by atoms with E-state index in [0.717, 1.165) is 44.9 Å². The second-order valence-electron chi connectivity index (χ2n) is 7.89. The van der Waals surface area contributed by atoms with Gasteiger partial charge < -0.3 is 15.0 Å². The fraction of sp³-hybridized carbons (Fsp3) is 0.650. The second-order valence-corrected chi connectivity index (χ2v) is 7.89. The van der Waals surface area contributed by atoms with Gasteiger partial charge in [0.15, 0.2) is 0 Å². The highest BCUT2D eigenvalue weighted by Gasteiger charge is 2.27. The molecule has 0 aromatic heterocycles. The van der Waals surface area contributed by atoms with Gasteiger partial charge in [0, 0.05) is 38.3 Å².